The molecule has 0 aliphatic carbocycles. The third kappa shape index (κ3) is 7.11. The van der Waals surface area contributed by atoms with E-state index in [2.05, 4.69) is 10.3 Å². The standard InChI is InChI=1S/C38H41F2N3O7/c1-23(2)33(44)48-25(5)31-32(50-34(45)24(3)4)38(39,40)35(49-31)43-22-21-30(41-36(43)46)42-37(26-13-9-7-10-14-26,27-15-11-8-12-16-27)28-17-19-29(47-6)20-18-28/h7-25,31-32,35H,1-6H3,(H,41,42,46)/t25-,31-,32-,35-/m1/s1. The number of hydrogen-bond acceptors (Lipinski definition) is 9. The van der Waals surface area contributed by atoms with Crippen LogP contribution in [0.4, 0.5) is 14.6 Å². The number of alkyl halides is 2. The van der Waals surface area contributed by atoms with Crippen LogP contribution in [0.2, 0.25) is 0 Å². The van der Waals surface area contributed by atoms with Crippen molar-refractivity contribution in [1.82, 2.24) is 9.55 Å². The number of nitrogens with one attached hydrogen (secondary N) is 1. The van der Waals surface area contributed by atoms with Gasteiger partial charge in [-0.25, -0.2) is 4.79 Å². The second-order valence-corrected chi connectivity index (χ2v) is 12.8. The van der Waals surface area contributed by atoms with Crippen LogP contribution in [0.15, 0.2) is 102 Å². The largest absolute Gasteiger partial charge is 0.497 e. The number of anilines is 1. The van der Waals surface area contributed by atoms with E-state index in [0.717, 1.165) is 22.9 Å². The number of rotatable bonds is 12. The average molecular weight is 690 g/mol. The van der Waals surface area contributed by atoms with E-state index in [1.807, 2.05) is 84.9 Å². The number of esters is 2. The van der Waals surface area contributed by atoms with Crippen LogP contribution >= 0.6 is 0 Å². The second kappa shape index (κ2) is 14.8. The Bertz CT molecular complexity index is 1790. The summed E-state index contributed by atoms with van der Waals surface area (Å²) in [6.07, 6.45) is -6.04. The lowest BCUT2D eigenvalue weighted by Crippen LogP contribution is -2.47. The number of nitrogens with zero attached hydrogens (tertiary/aromatic N) is 2. The fraction of sp³-hybridized carbons (Fsp3) is 0.368. The molecule has 0 radical (unpaired) electrons. The molecule has 1 aliphatic heterocycles. The molecule has 0 saturated carbocycles. The van der Waals surface area contributed by atoms with Crippen molar-refractivity contribution in [2.75, 3.05) is 12.4 Å². The molecule has 0 unspecified atom stereocenters. The van der Waals surface area contributed by atoms with Crippen molar-refractivity contribution >= 4 is 17.8 Å². The maximum atomic E-state index is 16.2. The molecule has 0 spiro atoms. The van der Waals surface area contributed by atoms with Gasteiger partial charge in [0.25, 0.3) is 0 Å². The molecule has 12 heteroatoms. The van der Waals surface area contributed by atoms with E-state index in [1.54, 1.807) is 21.0 Å². The topological polar surface area (TPSA) is 118 Å². The van der Waals surface area contributed by atoms with E-state index in [0.29, 0.717) is 10.3 Å². The van der Waals surface area contributed by atoms with Gasteiger partial charge in [-0.3, -0.25) is 14.2 Å². The van der Waals surface area contributed by atoms with E-state index >= 15 is 8.78 Å². The lowest BCUT2D eigenvalue weighted by Gasteiger charge is -2.37. The third-order valence-corrected chi connectivity index (χ3v) is 8.58. The van der Waals surface area contributed by atoms with Crippen molar-refractivity contribution in [3.05, 3.63) is 124 Å². The predicted octanol–water partition coefficient (Wildman–Crippen LogP) is 6.34. The molecule has 3 aromatic carbocycles. The average Bonchev–Trinajstić information content (AvgIpc) is 3.37. The normalized spacial score (nSPS) is 19.2. The maximum absolute atomic E-state index is 16.2. The SMILES string of the molecule is COc1ccc(C(Nc2ccn([C@@H]3O[C@H]([C@@H](C)OC(=O)C(C)C)[C@@H](OC(=O)C(C)C)C3(F)F)c(=O)n2)(c2ccccc2)c2ccccc2)cc1. The molecule has 0 amide bonds. The Hall–Kier alpha value is -5.10. The van der Waals surface area contributed by atoms with Crippen LogP contribution in [0.3, 0.4) is 0 Å². The van der Waals surface area contributed by atoms with Crippen molar-refractivity contribution in [3.63, 3.8) is 0 Å². The zero-order valence-corrected chi connectivity index (χ0v) is 28.7. The minimum absolute atomic E-state index is 0.0923. The van der Waals surface area contributed by atoms with Crippen molar-refractivity contribution < 1.29 is 37.3 Å². The van der Waals surface area contributed by atoms with Crippen LogP contribution in [0.5, 0.6) is 5.75 Å². The molecule has 0 bridgehead atoms. The first-order valence-electron chi connectivity index (χ1n) is 16.4. The van der Waals surface area contributed by atoms with Crippen LogP contribution in [0.1, 0.15) is 57.5 Å². The Morgan fingerprint density at radius 3 is 1.88 bits per heavy atom. The van der Waals surface area contributed by atoms with Gasteiger partial charge in [-0.2, -0.15) is 13.8 Å². The van der Waals surface area contributed by atoms with Gasteiger partial charge in [-0.15, -0.1) is 0 Å². The van der Waals surface area contributed by atoms with Gasteiger partial charge in [-0.05, 0) is 41.8 Å². The Morgan fingerprint density at radius 1 is 0.840 bits per heavy atom. The van der Waals surface area contributed by atoms with Gasteiger partial charge >= 0.3 is 23.6 Å². The van der Waals surface area contributed by atoms with Gasteiger partial charge in [0.2, 0.25) is 6.23 Å². The lowest BCUT2D eigenvalue weighted by molar-refractivity contribution is -0.181. The zero-order valence-electron chi connectivity index (χ0n) is 28.7. The number of aromatic nitrogens is 2. The number of hydrogen-bond donors (Lipinski definition) is 1. The molecular weight excluding hydrogens is 648 g/mol. The fourth-order valence-electron chi connectivity index (χ4n) is 5.86. The minimum atomic E-state index is -3.91. The van der Waals surface area contributed by atoms with Crippen LogP contribution < -0.4 is 15.7 Å². The molecule has 1 fully saturated rings. The molecule has 1 saturated heterocycles. The summed E-state index contributed by atoms with van der Waals surface area (Å²) in [6, 6.07) is 27.9. The van der Waals surface area contributed by atoms with Crippen molar-refractivity contribution in [3.8, 4) is 5.75 Å². The van der Waals surface area contributed by atoms with Crippen molar-refractivity contribution in [2.45, 2.75) is 70.6 Å². The molecule has 4 aromatic rings. The molecule has 1 aliphatic rings. The summed E-state index contributed by atoms with van der Waals surface area (Å²) in [5, 5.41) is 3.44. The summed E-state index contributed by atoms with van der Waals surface area (Å²) in [6.45, 7) is 7.57. The van der Waals surface area contributed by atoms with E-state index in [1.165, 1.54) is 26.8 Å². The molecule has 2 heterocycles. The summed E-state index contributed by atoms with van der Waals surface area (Å²) in [5.41, 5.74) is 0.275. The van der Waals surface area contributed by atoms with Gasteiger partial charge in [0.05, 0.1) is 18.9 Å². The highest BCUT2D eigenvalue weighted by atomic mass is 19.3. The van der Waals surface area contributed by atoms with E-state index in [9.17, 15) is 14.4 Å². The number of methoxy groups -OCH3 is 1. The van der Waals surface area contributed by atoms with Crippen LogP contribution in [-0.2, 0) is 29.3 Å². The number of ether oxygens (including phenoxy) is 4. The van der Waals surface area contributed by atoms with Crippen molar-refractivity contribution in [1.29, 1.82) is 0 Å². The van der Waals surface area contributed by atoms with Gasteiger partial charge in [0, 0.05) is 6.20 Å². The number of carbonyl (C=O) groups excluding carboxylic acids is 2. The molecular formula is C38H41F2N3O7. The number of halogens is 2. The summed E-state index contributed by atoms with van der Waals surface area (Å²) < 4.78 is 54.8. The summed E-state index contributed by atoms with van der Waals surface area (Å²) >= 11 is 0. The third-order valence-electron chi connectivity index (χ3n) is 8.58. The van der Waals surface area contributed by atoms with E-state index in [4.69, 9.17) is 18.9 Å². The first-order valence-corrected chi connectivity index (χ1v) is 16.4. The number of benzene rings is 3. The number of carbonyl (C=O) groups is 2. The lowest BCUT2D eigenvalue weighted by atomic mass is 9.77. The monoisotopic (exact) mass is 689 g/mol. The van der Waals surface area contributed by atoms with Gasteiger partial charge < -0.3 is 24.3 Å². The van der Waals surface area contributed by atoms with E-state index in [-0.39, 0.29) is 5.82 Å². The Morgan fingerprint density at radius 2 is 1.38 bits per heavy atom. The highest BCUT2D eigenvalue weighted by Gasteiger charge is 2.64. The highest BCUT2D eigenvalue weighted by Crippen LogP contribution is 2.46. The quantitative estimate of drug-likeness (QED) is 0.134. The Kier molecular flexibility index (Phi) is 10.7. The van der Waals surface area contributed by atoms with Crippen LogP contribution in [0, 0.1) is 11.8 Å². The molecule has 4 atom stereocenters. The van der Waals surface area contributed by atoms with Crippen molar-refractivity contribution in [2.24, 2.45) is 11.8 Å². The molecule has 1 aromatic heterocycles. The highest BCUT2D eigenvalue weighted by molar-refractivity contribution is 5.72. The first kappa shape index (κ1) is 36.2. The zero-order chi connectivity index (χ0) is 36.2. The fourth-order valence-corrected chi connectivity index (χ4v) is 5.86. The molecule has 50 heavy (non-hydrogen) atoms. The molecule has 10 nitrogen and oxygen atoms in total. The minimum Gasteiger partial charge on any atom is -0.497 e. The molecule has 5 rings (SSSR count). The smallest absolute Gasteiger partial charge is 0.351 e. The first-order chi connectivity index (χ1) is 23.8. The Balaban J connectivity index is 1.57. The van der Waals surface area contributed by atoms with Crippen LogP contribution in [0.25, 0.3) is 0 Å². The van der Waals surface area contributed by atoms with Crippen LogP contribution in [-0.4, -0.2) is 52.8 Å². The predicted molar refractivity (Wildman–Crippen MR) is 182 cm³/mol. The van der Waals surface area contributed by atoms with Gasteiger partial charge in [-0.1, -0.05) is 100 Å². The molecule has 264 valence electrons. The summed E-state index contributed by atoms with van der Waals surface area (Å²) in [7, 11) is 1.57. The molecule has 1 N–H and O–H groups in total. The summed E-state index contributed by atoms with van der Waals surface area (Å²) in [4.78, 5) is 42.8. The van der Waals surface area contributed by atoms with Gasteiger partial charge in [0.15, 0.2) is 6.10 Å². The summed E-state index contributed by atoms with van der Waals surface area (Å²) in [5.74, 6) is -5.99. The second-order valence-electron chi connectivity index (χ2n) is 12.8. The Labute approximate surface area is 289 Å². The van der Waals surface area contributed by atoms with E-state index < -0.39 is 65.5 Å². The maximum Gasteiger partial charge on any atom is 0.351 e. The van der Waals surface area contributed by atoms with Gasteiger partial charge in [0.1, 0.15) is 29.3 Å².